The number of benzene rings is 1. The van der Waals surface area contributed by atoms with Crippen LogP contribution in [0.25, 0.3) is 0 Å². The molecule has 1 saturated heterocycles. The van der Waals surface area contributed by atoms with E-state index in [0.29, 0.717) is 46.0 Å². The molecule has 0 aliphatic carbocycles. The molecule has 4 heterocycles. The van der Waals surface area contributed by atoms with E-state index in [1.54, 1.807) is 32.7 Å². The molecule has 3 aliphatic rings. The van der Waals surface area contributed by atoms with Crippen LogP contribution in [-0.2, 0) is 11.3 Å². The summed E-state index contributed by atoms with van der Waals surface area (Å²) in [6.07, 6.45) is 8.27. The molecule has 1 atom stereocenters. The second-order valence-corrected chi connectivity index (χ2v) is 11.3. The Morgan fingerprint density at radius 1 is 1.24 bits per heavy atom. The molecular weight excluding hydrogens is 502 g/mol. The fourth-order valence-electron chi connectivity index (χ4n) is 5.51. The van der Waals surface area contributed by atoms with Gasteiger partial charge in [0.2, 0.25) is 0 Å². The summed E-state index contributed by atoms with van der Waals surface area (Å²) in [5.74, 6) is 0.910. The van der Waals surface area contributed by atoms with E-state index < -0.39 is 0 Å². The van der Waals surface area contributed by atoms with Crippen LogP contribution in [0.1, 0.15) is 42.1 Å². The smallest absolute Gasteiger partial charge is 0.261 e. The molecule has 38 heavy (non-hydrogen) atoms. The van der Waals surface area contributed by atoms with Gasteiger partial charge in [-0.1, -0.05) is 24.8 Å². The zero-order chi connectivity index (χ0) is 26.9. The number of hydrogen-bond acceptors (Lipinski definition) is 8. The van der Waals surface area contributed by atoms with E-state index in [4.69, 9.17) is 9.47 Å². The zero-order valence-electron chi connectivity index (χ0n) is 22.4. The summed E-state index contributed by atoms with van der Waals surface area (Å²) in [4.78, 5) is 35.5. The Hall–Kier alpha value is -3.24. The fourth-order valence-corrected chi connectivity index (χ4v) is 6.64. The molecule has 2 amide bonds. The van der Waals surface area contributed by atoms with Gasteiger partial charge < -0.3 is 29.9 Å². The van der Waals surface area contributed by atoms with Crippen molar-refractivity contribution in [1.29, 1.82) is 0 Å². The highest BCUT2D eigenvalue weighted by Crippen LogP contribution is 2.44. The van der Waals surface area contributed by atoms with Crippen LogP contribution in [0.15, 0.2) is 41.6 Å². The van der Waals surface area contributed by atoms with E-state index in [-0.39, 0.29) is 17.2 Å². The molecule has 10 heteroatoms. The highest BCUT2D eigenvalue weighted by atomic mass is 32.2. The van der Waals surface area contributed by atoms with Gasteiger partial charge >= 0.3 is 0 Å². The van der Waals surface area contributed by atoms with Crippen molar-refractivity contribution >= 4 is 35.0 Å². The second-order valence-electron chi connectivity index (χ2n) is 10.1. The van der Waals surface area contributed by atoms with Crippen molar-refractivity contribution in [3.8, 4) is 11.5 Å². The minimum atomic E-state index is -0.170. The Bertz CT molecular complexity index is 1260. The van der Waals surface area contributed by atoms with Gasteiger partial charge in [-0.25, -0.2) is 0 Å². The molecule has 3 aliphatic heterocycles. The molecule has 1 fully saturated rings. The average molecular weight is 538 g/mol. The van der Waals surface area contributed by atoms with Crippen molar-refractivity contribution in [3.05, 3.63) is 52.7 Å². The molecule has 0 radical (unpaired) electrons. The third-order valence-corrected chi connectivity index (χ3v) is 9.20. The number of amides is 2. The van der Waals surface area contributed by atoms with E-state index in [9.17, 15) is 9.59 Å². The Morgan fingerprint density at radius 3 is 2.71 bits per heavy atom. The predicted octanol–water partition coefficient (Wildman–Crippen LogP) is 3.87. The first kappa shape index (κ1) is 26.4. The van der Waals surface area contributed by atoms with Crippen LogP contribution in [-0.4, -0.2) is 68.0 Å². The molecule has 2 aromatic rings. The standard InChI is InChI=1S/C28H35N5O4S/c1-5-28(9-11-29-2)16-32(17-28)21-8-10-30-14-20(21)31-26(34)24-6-7-25(38-24)33-15-18-12-22(36-3)23(37-4)13-19(18)27(33)35/h6,8,10,12-14,25,29H,5,7,9,11,15-17H2,1-4H3,(H,31,34). The van der Waals surface area contributed by atoms with Gasteiger partial charge in [0.25, 0.3) is 11.8 Å². The Labute approximate surface area is 227 Å². The minimum absolute atomic E-state index is 0.0569. The Balaban J connectivity index is 1.22. The van der Waals surface area contributed by atoms with Gasteiger partial charge in [0.1, 0.15) is 0 Å². The number of carbonyl (C=O) groups excluding carboxylic acids is 2. The molecule has 0 bridgehead atoms. The number of rotatable bonds is 10. The van der Waals surface area contributed by atoms with E-state index in [1.807, 2.05) is 30.2 Å². The van der Waals surface area contributed by atoms with Crippen LogP contribution in [0.2, 0.25) is 0 Å². The second kappa shape index (κ2) is 10.9. The molecular formula is C28H35N5O4S. The highest BCUT2D eigenvalue weighted by molar-refractivity contribution is 8.04. The summed E-state index contributed by atoms with van der Waals surface area (Å²) in [5, 5.41) is 6.20. The molecule has 5 rings (SSSR count). The van der Waals surface area contributed by atoms with Crippen LogP contribution in [0.4, 0.5) is 11.4 Å². The molecule has 2 N–H and O–H groups in total. The van der Waals surface area contributed by atoms with Crippen LogP contribution in [0, 0.1) is 5.41 Å². The lowest BCUT2D eigenvalue weighted by Crippen LogP contribution is -2.57. The van der Waals surface area contributed by atoms with Crippen molar-refractivity contribution in [2.75, 3.05) is 51.1 Å². The molecule has 0 spiro atoms. The average Bonchev–Trinajstić information content (AvgIpc) is 3.53. The summed E-state index contributed by atoms with van der Waals surface area (Å²) in [5.41, 5.74) is 3.53. The van der Waals surface area contributed by atoms with Gasteiger partial charge in [-0.2, -0.15) is 0 Å². The van der Waals surface area contributed by atoms with Gasteiger partial charge in [0.05, 0.1) is 42.1 Å². The zero-order valence-corrected chi connectivity index (χ0v) is 23.2. The van der Waals surface area contributed by atoms with Crippen LogP contribution in [0.3, 0.4) is 0 Å². The lowest BCUT2D eigenvalue weighted by atomic mass is 9.74. The first-order valence-electron chi connectivity index (χ1n) is 13.0. The summed E-state index contributed by atoms with van der Waals surface area (Å²) < 4.78 is 10.8. The van der Waals surface area contributed by atoms with Crippen molar-refractivity contribution < 1.29 is 19.1 Å². The molecule has 202 valence electrons. The number of carbonyl (C=O) groups is 2. The molecule has 1 unspecified atom stereocenters. The van der Waals surface area contributed by atoms with Gasteiger partial charge in [0.15, 0.2) is 11.5 Å². The number of nitrogens with zero attached hydrogens (tertiary/aromatic N) is 3. The van der Waals surface area contributed by atoms with E-state index in [1.165, 1.54) is 11.8 Å². The number of thioether (sulfide) groups is 1. The number of hydrogen-bond donors (Lipinski definition) is 2. The Morgan fingerprint density at radius 2 is 2.00 bits per heavy atom. The number of anilines is 2. The maximum atomic E-state index is 13.3. The van der Waals surface area contributed by atoms with Crippen molar-refractivity contribution in [2.24, 2.45) is 5.41 Å². The van der Waals surface area contributed by atoms with Crippen molar-refractivity contribution in [1.82, 2.24) is 15.2 Å². The van der Waals surface area contributed by atoms with Gasteiger partial charge in [-0.3, -0.25) is 14.6 Å². The van der Waals surface area contributed by atoms with Crippen molar-refractivity contribution in [2.45, 2.75) is 38.1 Å². The normalized spacial score (nSPS) is 19.6. The summed E-state index contributed by atoms with van der Waals surface area (Å²) in [6, 6.07) is 5.57. The summed E-state index contributed by atoms with van der Waals surface area (Å²) in [7, 11) is 5.13. The molecule has 0 saturated carbocycles. The number of pyridine rings is 1. The lowest BCUT2D eigenvalue weighted by molar-refractivity contribution is -0.112. The fraction of sp³-hybridized carbons (Fsp3) is 0.464. The van der Waals surface area contributed by atoms with Gasteiger partial charge in [-0.15, -0.1) is 0 Å². The third-order valence-electron chi connectivity index (χ3n) is 7.88. The molecule has 1 aromatic carbocycles. The van der Waals surface area contributed by atoms with Crippen molar-refractivity contribution in [3.63, 3.8) is 0 Å². The first-order valence-corrected chi connectivity index (χ1v) is 13.9. The number of ether oxygens (including phenoxy) is 2. The predicted molar refractivity (Wildman–Crippen MR) is 150 cm³/mol. The number of fused-ring (bicyclic) bond motifs is 1. The van der Waals surface area contributed by atoms with Gasteiger partial charge in [0, 0.05) is 36.8 Å². The summed E-state index contributed by atoms with van der Waals surface area (Å²) >= 11 is 1.43. The maximum absolute atomic E-state index is 13.3. The quantitative estimate of drug-likeness (QED) is 0.472. The highest BCUT2D eigenvalue weighted by Gasteiger charge is 2.42. The van der Waals surface area contributed by atoms with E-state index in [0.717, 1.165) is 43.7 Å². The van der Waals surface area contributed by atoms with Crippen LogP contribution >= 0.6 is 11.8 Å². The van der Waals surface area contributed by atoms with Crippen LogP contribution < -0.4 is 25.0 Å². The minimum Gasteiger partial charge on any atom is -0.493 e. The van der Waals surface area contributed by atoms with E-state index in [2.05, 4.69) is 27.4 Å². The third kappa shape index (κ3) is 4.82. The topological polar surface area (TPSA) is 96.0 Å². The maximum Gasteiger partial charge on any atom is 0.261 e. The SMILES string of the molecule is CCC1(CCNC)CN(c2ccncc2NC(=O)C2=CCC(N3Cc4cc(OC)c(OC)cc4C3=O)S2)C1. The van der Waals surface area contributed by atoms with Gasteiger partial charge in [-0.05, 0) is 56.6 Å². The monoisotopic (exact) mass is 537 g/mol. The summed E-state index contributed by atoms with van der Waals surface area (Å²) in [6.45, 7) is 5.65. The Kier molecular flexibility index (Phi) is 7.54. The molecule has 1 aromatic heterocycles. The first-order chi connectivity index (χ1) is 18.4. The number of methoxy groups -OCH3 is 2. The van der Waals surface area contributed by atoms with Crippen LogP contribution in [0.5, 0.6) is 11.5 Å². The largest absolute Gasteiger partial charge is 0.493 e. The number of nitrogens with one attached hydrogen (secondary N) is 2. The molecule has 9 nitrogen and oxygen atoms in total. The number of aromatic nitrogens is 1. The lowest BCUT2D eigenvalue weighted by Gasteiger charge is -2.52. The van der Waals surface area contributed by atoms with E-state index >= 15 is 0 Å².